The van der Waals surface area contributed by atoms with Crippen LogP contribution in [0.3, 0.4) is 0 Å². The highest BCUT2D eigenvalue weighted by molar-refractivity contribution is 7.91. The molecule has 1 aromatic heterocycles. The SMILES string of the molecule is CN(C1CCCCC1CN)S(=O)(=O)c1cccs1. The number of hydrogen-bond acceptors (Lipinski definition) is 4. The van der Waals surface area contributed by atoms with E-state index in [0.29, 0.717) is 16.7 Å². The number of sulfonamides is 1. The molecule has 0 radical (unpaired) electrons. The van der Waals surface area contributed by atoms with Crippen molar-refractivity contribution in [3.05, 3.63) is 17.5 Å². The van der Waals surface area contributed by atoms with Crippen LogP contribution >= 0.6 is 11.3 Å². The second-order valence-corrected chi connectivity index (χ2v) is 7.97. The van der Waals surface area contributed by atoms with Gasteiger partial charge in [-0.05, 0) is 36.8 Å². The molecule has 0 aromatic carbocycles. The molecule has 1 fully saturated rings. The zero-order chi connectivity index (χ0) is 13.2. The van der Waals surface area contributed by atoms with Crippen molar-refractivity contribution in [2.75, 3.05) is 13.6 Å². The van der Waals surface area contributed by atoms with Crippen LogP contribution in [-0.4, -0.2) is 32.4 Å². The minimum Gasteiger partial charge on any atom is -0.330 e. The average molecular weight is 288 g/mol. The Morgan fingerprint density at radius 1 is 1.44 bits per heavy atom. The lowest BCUT2D eigenvalue weighted by molar-refractivity contribution is 0.204. The van der Waals surface area contributed by atoms with Crippen LogP contribution in [0.15, 0.2) is 21.7 Å². The van der Waals surface area contributed by atoms with Gasteiger partial charge in [0.25, 0.3) is 10.0 Å². The predicted molar refractivity (Wildman–Crippen MR) is 74.1 cm³/mol. The van der Waals surface area contributed by atoms with Crippen LogP contribution in [0.2, 0.25) is 0 Å². The lowest BCUT2D eigenvalue weighted by Gasteiger charge is -2.36. The molecule has 1 aromatic rings. The van der Waals surface area contributed by atoms with Crippen LogP contribution in [0.25, 0.3) is 0 Å². The van der Waals surface area contributed by atoms with Gasteiger partial charge in [0, 0.05) is 13.1 Å². The first-order chi connectivity index (χ1) is 8.57. The highest BCUT2D eigenvalue weighted by Crippen LogP contribution is 2.31. The van der Waals surface area contributed by atoms with E-state index in [1.807, 2.05) is 0 Å². The van der Waals surface area contributed by atoms with E-state index in [2.05, 4.69) is 0 Å². The van der Waals surface area contributed by atoms with E-state index in [9.17, 15) is 8.42 Å². The Balaban J connectivity index is 2.22. The fraction of sp³-hybridized carbons (Fsp3) is 0.667. The summed E-state index contributed by atoms with van der Waals surface area (Å²) in [5.41, 5.74) is 5.77. The summed E-state index contributed by atoms with van der Waals surface area (Å²) in [6.45, 7) is 0.564. The van der Waals surface area contributed by atoms with Gasteiger partial charge < -0.3 is 5.73 Å². The molecule has 0 aliphatic heterocycles. The van der Waals surface area contributed by atoms with Crippen LogP contribution in [-0.2, 0) is 10.0 Å². The molecule has 6 heteroatoms. The summed E-state index contributed by atoms with van der Waals surface area (Å²) < 4.78 is 26.9. The van der Waals surface area contributed by atoms with Crippen molar-refractivity contribution in [3.8, 4) is 0 Å². The first-order valence-electron chi connectivity index (χ1n) is 6.29. The van der Waals surface area contributed by atoms with Crippen molar-refractivity contribution < 1.29 is 8.42 Å². The van der Waals surface area contributed by atoms with Crippen LogP contribution in [0.4, 0.5) is 0 Å². The minimum atomic E-state index is -3.34. The maximum absolute atomic E-state index is 12.4. The van der Waals surface area contributed by atoms with Gasteiger partial charge in [-0.2, -0.15) is 4.31 Å². The first kappa shape index (κ1) is 14.0. The molecule has 0 saturated heterocycles. The standard InChI is InChI=1S/C12H20N2O2S2/c1-14(11-6-3-2-5-10(11)9-13)18(15,16)12-7-4-8-17-12/h4,7-8,10-11H,2-3,5-6,9,13H2,1H3. The molecular formula is C12H20N2O2S2. The number of rotatable bonds is 4. The van der Waals surface area contributed by atoms with Gasteiger partial charge in [-0.3, -0.25) is 0 Å². The van der Waals surface area contributed by atoms with Crippen LogP contribution in [0.5, 0.6) is 0 Å². The molecule has 1 aliphatic rings. The van der Waals surface area contributed by atoms with Crippen LogP contribution in [0.1, 0.15) is 25.7 Å². The van der Waals surface area contributed by atoms with Crippen LogP contribution in [0, 0.1) is 5.92 Å². The van der Waals surface area contributed by atoms with E-state index in [1.54, 1.807) is 24.6 Å². The minimum absolute atomic E-state index is 0.0517. The monoisotopic (exact) mass is 288 g/mol. The van der Waals surface area contributed by atoms with Crippen molar-refractivity contribution in [3.63, 3.8) is 0 Å². The quantitative estimate of drug-likeness (QED) is 0.920. The highest BCUT2D eigenvalue weighted by Gasteiger charge is 2.34. The van der Waals surface area contributed by atoms with Gasteiger partial charge in [-0.25, -0.2) is 8.42 Å². The van der Waals surface area contributed by atoms with Crippen molar-refractivity contribution in [1.82, 2.24) is 4.31 Å². The summed E-state index contributed by atoms with van der Waals surface area (Å²) >= 11 is 1.27. The zero-order valence-corrected chi connectivity index (χ0v) is 12.2. The van der Waals surface area contributed by atoms with E-state index in [-0.39, 0.29) is 6.04 Å². The molecule has 18 heavy (non-hydrogen) atoms. The molecule has 1 aliphatic carbocycles. The Morgan fingerprint density at radius 2 is 2.17 bits per heavy atom. The van der Waals surface area contributed by atoms with Crippen molar-refractivity contribution in [1.29, 1.82) is 0 Å². The van der Waals surface area contributed by atoms with Gasteiger partial charge in [0.1, 0.15) is 4.21 Å². The molecule has 0 spiro atoms. The topological polar surface area (TPSA) is 63.4 Å². The molecule has 0 bridgehead atoms. The second kappa shape index (κ2) is 5.69. The molecule has 2 unspecified atom stereocenters. The third-order valence-corrected chi connectivity index (χ3v) is 7.02. The van der Waals surface area contributed by atoms with E-state index < -0.39 is 10.0 Å². The van der Waals surface area contributed by atoms with Gasteiger partial charge in [-0.15, -0.1) is 11.3 Å². The first-order valence-corrected chi connectivity index (χ1v) is 8.61. The van der Waals surface area contributed by atoms with E-state index in [4.69, 9.17) is 5.73 Å². The third kappa shape index (κ3) is 2.61. The largest absolute Gasteiger partial charge is 0.330 e. The lowest BCUT2D eigenvalue weighted by Crippen LogP contribution is -2.45. The molecule has 102 valence electrons. The van der Waals surface area contributed by atoms with E-state index in [0.717, 1.165) is 25.7 Å². The maximum atomic E-state index is 12.4. The van der Waals surface area contributed by atoms with Crippen molar-refractivity contribution >= 4 is 21.4 Å². The molecule has 0 amide bonds. The van der Waals surface area contributed by atoms with Gasteiger partial charge in [0.05, 0.1) is 0 Å². The highest BCUT2D eigenvalue weighted by atomic mass is 32.2. The summed E-state index contributed by atoms with van der Waals surface area (Å²) in [5.74, 6) is 0.290. The summed E-state index contributed by atoms with van der Waals surface area (Å²) in [4.78, 5) is 0. The molecule has 1 saturated carbocycles. The molecule has 4 nitrogen and oxygen atoms in total. The van der Waals surface area contributed by atoms with Crippen LogP contribution < -0.4 is 5.73 Å². The Labute approximate surface area is 113 Å². The third-order valence-electron chi connectivity index (χ3n) is 3.77. The second-order valence-electron chi connectivity index (χ2n) is 4.80. The van der Waals surface area contributed by atoms with Crippen molar-refractivity contribution in [2.24, 2.45) is 11.7 Å². The smallest absolute Gasteiger partial charge is 0.252 e. The molecule has 2 atom stereocenters. The molecule has 2 N–H and O–H groups in total. The van der Waals surface area contributed by atoms with Gasteiger partial charge >= 0.3 is 0 Å². The summed E-state index contributed by atoms with van der Waals surface area (Å²) in [6.07, 6.45) is 4.20. The van der Waals surface area contributed by atoms with E-state index in [1.165, 1.54) is 15.6 Å². The average Bonchev–Trinajstić information content (AvgIpc) is 2.92. The summed E-state index contributed by atoms with van der Waals surface area (Å²) in [6, 6.07) is 3.49. The zero-order valence-electron chi connectivity index (χ0n) is 10.6. The summed E-state index contributed by atoms with van der Waals surface area (Å²) in [5, 5.41) is 1.79. The normalized spacial score (nSPS) is 25.5. The number of thiophene rings is 1. The number of nitrogens with two attached hydrogens (primary N) is 1. The Kier molecular flexibility index (Phi) is 4.42. The summed E-state index contributed by atoms with van der Waals surface area (Å²) in [7, 11) is -1.65. The fourth-order valence-electron chi connectivity index (χ4n) is 2.67. The maximum Gasteiger partial charge on any atom is 0.252 e. The molecular weight excluding hydrogens is 268 g/mol. The Morgan fingerprint density at radius 3 is 2.78 bits per heavy atom. The Hall–Kier alpha value is -0.430. The Bertz CT molecular complexity index is 470. The lowest BCUT2D eigenvalue weighted by atomic mass is 9.85. The number of nitrogens with zero attached hydrogens (tertiary/aromatic N) is 1. The van der Waals surface area contributed by atoms with Crippen molar-refractivity contribution in [2.45, 2.75) is 35.9 Å². The number of hydrogen-bond donors (Lipinski definition) is 1. The molecule has 1 heterocycles. The van der Waals surface area contributed by atoms with Gasteiger partial charge in [0.2, 0.25) is 0 Å². The fourth-order valence-corrected chi connectivity index (χ4v) is 5.29. The van der Waals surface area contributed by atoms with Gasteiger partial charge in [-0.1, -0.05) is 18.9 Å². The van der Waals surface area contributed by atoms with Gasteiger partial charge in [0.15, 0.2) is 0 Å². The van der Waals surface area contributed by atoms with E-state index >= 15 is 0 Å². The predicted octanol–water partition coefficient (Wildman–Crippen LogP) is 1.89. The molecule has 2 rings (SSSR count).